The molecule has 0 bridgehead atoms. The third-order valence-corrected chi connectivity index (χ3v) is 8.80. The van der Waals surface area contributed by atoms with Gasteiger partial charge in [-0.1, -0.05) is 15.9 Å². The lowest BCUT2D eigenvalue weighted by Crippen LogP contribution is -2.36. The molecule has 0 spiro atoms. The Kier molecular flexibility index (Phi) is 5.81. The van der Waals surface area contributed by atoms with Crippen molar-refractivity contribution >= 4 is 53.9 Å². The molecule has 4 rings (SSSR count). The lowest BCUT2D eigenvalue weighted by molar-refractivity contribution is 0.0941. The maximum absolute atomic E-state index is 13.1. The number of halogens is 1. The smallest absolute Gasteiger partial charge is 0.256 e. The van der Waals surface area contributed by atoms with Crippen LogP contribution in [-0.4, -0.2) is 37.8 Å². The van der Waals surface area contributed by atoms with Crippen LogP contribution in [-0.2, 0) is 22.7 Å². The quantitative estimate of drug-likeness (QED) is 0.676. The first-order chi connectivity index (χ1) is 13.8. The van der Waals surface area contributed by atoms with Gasteiger partial charge in [-0.05, 0) is 61.9 Å². The van der Waals surface area contributed by atoms with Gasteiger partial charge in [-0.2, -0.15) is 0 Å². The van der Waals surface area contributed by atoms with Crippen molar-refractivity contribution in [1.29, 1.82) is 0 Å². The number of aryl methyl sites for hydroxylation is 1. The molecule has 1 atom stereocenters. The minimum Gasteiger partial charge on any atom is -0.348 e. The van der Waals surface area contributed by atoms with Gasteiger partial charge in [0.1, 0.15) is 5.00 Å². The highest BCUT2D eigenvalue weighted by atomic mass is 79.9. The molecule has 29 heavy (non-hydrogen) atoms. The highest BCUT2D eigenvalue weighted by Crippen LogP contribution is 2.38. The van der Waals surface area contributed by atoms with E-state index in [9.17, 15) is 18.0 Å². The molecule has 9 heteroatoms. The zero-order chi connectivity index (χ0) is 20.6. The molecule has 1 fully saturated rings. The van der Waals surface area contributed by atoms with Crippen LogP contribution in [0.3, 0.4) is 0 Å². The van der Waals surface area contributed by atoms with Crippen LogP contribution in [0.2, 0.25) is 0 Å². The minimum absolute atomic E-state index is 0.0222. The van der Waals surface area contributed by atoms with E-state index in [1.54, 1.807) is 24.3 Å². The first kappa shape index (κ1) is 20.6. The van der Waals surface area contributed by atoms with Crippen LogP contribution in [0.25, 0.3) is 0 Å². The number of hydrogen-bond acceptors (Lipinski definition) is 5. The number of anilines is 1. The van der Waals surface area contributed by atoms with E-state index in [4.69, 9.17) is 0 Å². The van der Waals surface area contributed by atoms with Gasteiger partial charge in [0.2, 0.25) is 0 Å². The van der Waals surface area contributed by atoms with E-state index in [0.717, 1.165) is 40.6 Å². The molecule has 1 unspecified atom stereocenters. The molecule has 2 amide bonds. The van der Waals surface area contributed by atoms with E-state index in [0.29, 0.717) is 22.5 Å². The number of hydrogen-bond donors (Lipinski definition) is 2. The van der Waals surface area contributed by atoms with Crippen molar-refractivity contribution in [2.45, 2.75) is 38.1 Å². The van der Waals surface area contributed by atoms with Crippen LogP contribution >= 0.6 is 27.3 Å². The molecule has 154 valence electrons. The molecule has 0 saturated carbocycles. The second-order valence-electron chi connectivity index (χ2n) is 7.45. The Morgan fingerprint density at radius 2 is 1.79 bits per heavy atom. The number of amides is 2. The summed E-state index contributed by atoms with van der Waals surface area (Å²) in [5.41, 5.74) is 2.00. The molecule has 2 heterocycles. The lowest BCUT2D eigenvalue weighted by atomic mass is 9.95. The average Bonchev–Trinajstić information content (AvgIpc) is 3.21. The van der Waals surface area contributed by atoms with Gasteiger partial charge in [0.15, 0.2) is 9.84 Å². The first-order valence-electron chi connectivity index (χ1n) is 9.55. The Labute approximate surface area is 182 Å². The Bertz CT molecular complexity index is 1060. The number of benzene rings is 1. The fraction of sp³-hybridized carbons (Fsp3) is 0.400. The normalized spacial score (nSPS) is 20.1. The molecule has 2 aliphatic rings. The Balaban J connectivity index is 1.60. The summed E-state index contributed by atoms with van der Waals surface area (Å²) in [6.07, 6.45) is 4.19. The first-order valence-corrected chi connectivity index (χ1v) is 13.0. The van der Waals surface area contributed by atoms with Gasteiger partial charge < -0.3 is 10.6 Å². The van der Waals surface area contributed by atoms with Crippen molar-refractivity contribution in [2.75, 3.05) is 16.8 Å². The number of rotatable bonds is 4. The lowest BCUT2D eigenvalue weighted by Gasteiger charge is -2.15. The minimum atomic E-state index is -3.08. The van der Waals surface area contributed by atoms with E-state index < -0.39 is 9.84 Å². The zero-order valence-corrected chi connectivity index (χ0v) is 18.9. The number of carbonyl (C=O) groups excluding carboxylic acids is 2. The summed E-state index contributed by atoms with van der Waals surface area (Å²) in [5.74, 6) is -0.482. The largest absolute Gasteiger partial charge is 0.348 e. The van der Waals surface area contributed by atoms with Gasteiger partial charge in [-0.25, -0.2) is 8.42 Å². The number of nitrogens with one attached hydrogen (secondary N) is 2. The second-order valence-corrected chi connectivity index (χ2v) is 11.7. The van der Waals surface area contributed by atoms with E-state index in [1.165, 1.54) is 11.3 Å². The maximum atomic E-state index is 13.1. The number of sulfone groups is 1. The van der Waals surface area contributed by atoms with Gasteiger partial charge >= 0.3 is 0 Å². The predicted molar refractivity (Wildman–Crippen MR) is 118 cm³/mol. The SMILES string of the molecule is O=C(Nc1sc2c(c1C(=O)NC1CCS(=O)(=O)C1)CCCC2)c1ccc(Br)cc1. The molecular weight excluding hydrogens is 476 g/mol. The van der Waals surface area contributed by atoms with Crippen molar-refractivity contribution in [3.05, 3.63) is 50.3 Å². The van der Waals surface area contributed by atoms with Crippen LogP contribution < -0.4 is 10.6 Å². The fourth-order valence-corrected chi connectivity index (χ4v) is 7.06. The summed E-state index contributed by atoms with van der Waals surface area (Å²) < 4.78 is 24.3. The Hall–Kier alpha value is -1.71. The summed E-state index contributed by atoms with van der Waals surface area (Å²) in [5, 5.41) is 6.33. The fourth-order valence-electron chi connectivity index (χ4n) is 3.84. The topological polar surface area (TPSA) is 92.3 Å². The number of carbonyl (C=O) groups is 2. The molecule has 1 aromatic heterocycles. The van der Waals surface area contributed by atoms with Crippen molar-refractivity contribution < 1.29 is 18.0 Å². The monoisotopic (exact) mass is 496 g/mol. The summed E-state index contributed by atoms with van der Waals surface area (Å²) in [7, 11) is -3.08. The molecule has 6 nitrogen and oxygen atoms in total. The summed E-state index contributed by atoms with van der Waals surface area (Å²) in [6, 6.07) is 6.65. The van der Waals surface area contributed by atoms with Gasteiger partial charge in [0.05, 0.1) is 17.1 Å². The number of fused-ring (bicyclic) bond motifs is 1. The molecule has 1 aliphatic carbocycles. The highest BCUT2D eigenvalue weighted by Gasteiger charge is 2.32. The van der Waals surface area contributed by atoms with E-state index >= 15 is 0 Å². The van der Waals surface area contributed by atoms with Crippen LogP contribution in [0, 0.1) is 0 Å². The van der Waals surface area contributed by atoms with E-state index in [1.807, 2.05) is 0 Å². The standard InChI is InChI=1S/C20H21BrN2O4S2/c21-13-7-5-12(6-8-13)18(24)23-20-17(15-3-1-2-4-16(15)28-20)19(25)22-14-9-10-29(26,27)11-14/h5-8,14H,1-4,9-11H2,(H,22,25)(H,23,24). The Morgan fingerprint density at radius 1 is 1.07 bits per heavy atom. The van der Waals surface area contributed by atoms with Crippen LogP contribution in [0.5, 0.6) is 0 Å². The number of thiophene rings is 1. The zero-order valence-electron chi connectivity index (χ0n) is 15.7. The average molecular weight is 497 g/mol. The van der Waals surface area contributed by atoms with E-state index in [-0.39, 0.29) is 29.4 Å². The third kappa shape index (κ3) is 4.57. The predicted octanol–water partition coefficient (Wildman–Crippen LogP) is 3.56. The van der Waals surface area contributed by atoms with Crippen molar-refractivity contribution in [1.82, 2.24) is 5.32 Å². The molecule has 0 radical (unpaired) electrons. The van der Waals surface area contributed by atoms with Crippen LogP contribution in [0.15, 0.2) is 28.7 Å². The third-order valence-electron chi connectivity index (χ3n) is 5.30. The summed E-state index contributed by atoms with van der Waals surface area (Å²) >= 11 is 4.81. The molecular formula is C20H21BrN2O4S2. The summed E-state index contributed by atoms with van der Waals surface area (Å²) in [6.45, 7) is 0. The van der Waals surface area contributed by atoms with Gasteiger partial charge in [-0.15, -0.1) is 11.3 Å². The van der Waals surface area contributed by atoms with Crippen molar-refractivity contribution in [3.8, 4) is 0 Å². The molecule has 1 aliphatic heterocycles. The van der Waals surface area contributed by atoms with Crippen LogP contribution in [0.1, 0.15) is 50.4 Å². The molecule has 1 saturated heterocycles. The molecule has 1 aromatic carbocycles. The highest BCUT2D eigenvalue weighted by molar-refractivity contribution is 9.10. The molecule has 2 aromatic rings. The van der Waals surface area contributed by atoms with Gasteiger partial charge in [0, 0.05) is 21.0 Å². The molecule has 2 N–H and O–H groups in total. The van der Waals surface area contributed by atoms with Crippen molar-refractivity contribution in [2.24, 2.45) is 0 Å². The maximum Gasteiger partial charge on any atom is 0.256 e. The van der Waals surface area contributed by atoms with Gasteiger partial charge in [-0.3, -0.25) is 9.59 Å². The second kappa shape index (κ2) is 8.20. The van der Waals surface area contributed by atoms with Gasteiger partial charge in [0.25, 0.3) is 11.8 Å². The van der Waals surface area contributed by atoms with Crippen molar-refractivity contribution in [3.63, 3.8) is 0 Å². The van der Waals surface area contributed by atoms with Crippen LogP contribution in [0.4, 0.5) is 5.00 Å². The summed E-state index contributed by atoms with van der Waals surface area (Å²) in [4.78, 5) is 26.9. The Morgan fingerprint density at radius 3 is 2.48 bits per heavy atom. The van der Waals surface area contributed by atoms with E-state index in [2.05, 4.69) is 26.6 Å².